The van der Waals surface area contributed by atoms with E-state index in [-0.39, 0.29) is 0 Å². The molecule has 2 rings (SSSR count). The van der Waals surface area contributed by atoms with E-state index in [1.807, 2.05) is 0 Å². The summed E-state index contributed by atoms with van der Waals surface area (Å²) in [6, 6.07) is 6.34. The molecule has 0 unspecified atom stereocenters. The van der Waals surface area contributed by atoms with Gasteiger partial charge in [-0.3, -0.25) is 0 Å². The molecule has 0 atom stereocenters. The predicted molar refractivity (Wildman–Crippen MR) is 71.7 cm³/mol. The van der Waals surface area contributed by atoms with Crippen LogP contribution in [0.1, 0.15) is 28.4 Å². The zero-order chi connectivity index (χ0) is 13.7. The van der Waals surface area contributed by atoms with Crippen LogP contribution in [0.2, 0.25) is 0 Å². The molecule has 0 aliphatic heterocycles. The molecule has 2 N–H and O–H groups in total. The molecule has 0 aliphatic rings. The first kappa shape index (κ1) is 13.7. The summed E-state index contributed by atoms with van der Waals surface area (Å²) >= 11 is 0. The van der Waals surface area contributed by atoms with Crippen LogP contribution in [0.5, 0.6) is 0 Å². The predicted octanol–water partition coefficient (Wildman–Crippen LogP) is 1.75. The van der Waals surface area contributed by atoms with Crippen LogP contribution >= 0.6 is 0 Å². The zero-order valence-electron chi connectivity index (χ0n) is 11.3. The van der Waals surface area contributed by atoms with E-state index in [4.69, 9.17) is 15.0 Å². The topological polar surface area (TPSA) is 74.2 Å². The number of ether oxygens (including phenoxy) is 1. The average Bonchev–Trinajstić information content (AvgIpc) is 2.82. The summed E-state index contributed by atoms with van der Waals surface area (Å²) in [5.74, 6) is 1.17. The van der Waals surface area contributed by atoms with Gasteiger partial charge in [0, 0.05) is 13.0 Å². The molecule has 1 aromatic heterocycles. The number of benzene rings is 1. The maximum absolute atomic E-state index is 5.33. The normalized spacial score (nSPS) is 10.9. The summed E-state index contributed by atoms with van der Waals surface area (Å²) < 4.78 is 10.4. The van der Waals surface area contributed by atoms with Crippen molar-refractivity contribution in [2.24, 2.45) is 5.73 Å². The lowest BCUT2D eigenvalue weighted by molar-refractivity contribution is 0.104. The minimum atomic E-state index is 0.317. The molecule has 1 aromatic carbocycles. The quantitative estimate of drug-likeness (QED) is 0.802. The average molecular weight is 261 g/mol. The summed E-state index contributed by atoms with van der Waals surface area (Å²) in [7, 11) is 0. The second-order valence-electron chi connectivity index (χ2n) is 4.54. The van der Waals surface area contributed by atoms with Gasteiger partial charge in [0.15, 0.2) is 5.82 Å². The van der Waals surface area contributed by atoms with Crippen molar-refractivity contribution in [1.29, 1.82) is 0 Å². The molecular formula is C14H19N3O2. The van der Waals surface area contributed by atoms with Gasteiger partial charge in [0.25, 0.3) is 5.89 Å². The molecule has 0 bridgehead atoms. The molecule has 0 spiro atoms. The number of hydrogen-bond donors (Lipinski definition) is 1. The molecule has 0 amide bonds. The Balaban J connectivity index is 1.97. The lowest BCUT2D eigenvalue weighted by Crippen LogP contribution is -2.08. The van der Waals surface area contributed by atoms with E-state index in [9.17, 15) is 0 Å². The van der Waals surface area contributed by atoms with E-state index in [1.165, 1.54) is 16.7 Å². The van der Waals surface area contributed by atoms with Gasteiger partial charge in [0.05, 0.1) is 6.61 Å². The first-order valence-electron chi connectivity index (χ1n) is 6.34. The second-order valence-corrected chi connectivity index (χ2v) is 4.54. The molecule has 0 radical (unpaired) electrons. The Bertz CT molecular complexity index is 537. The highest BCUT2D eigenvalue weighted by Crippen LogP contribution is 2.13. The lowest BCUT2D eigenvalue weighted by atomic mass is 10.0. The van der Waals surface area contributed by atoms with E-state index < -0.39 is 0 Å². The van der Waals surface area contributed by atoms with Crippen LogP contribution < -0.4 is 5.73 Å². The second kappa shape index (κ2) is 6.45. The van der Waals surface area contributed by atoms with Crippen LogP contribution in [0.15, 0.2) is 22.7 Å². The molecule has 102 valence electrons. The number of nitrogens with two attached hydrogens (primary N) is 1. The SMILES string of the molecule is Cc1ccc(Cc2noc(COCCN)n2)cc1C. The van der Waals surface area contributed by atoms with E-state index in [0.29, 0.717) is 37.9 Å². The van der Waals surface area contributed by atoms with E-state index in [0.717, 1.165) is 0 Å². The standard InChI is InChI=1S/C14H19N3O2/c1-10-3-4-12(7-11(10)2)8-13-16-14(19-17-13)9-18-6-5-15/h3-4,7H,5-6,8-9,15H2,1-2H3. The van der Waals surface area contributed by atoms with Crippen molar-refractivity contribution in [3.05, 3.63) is 46.6 Å². The van der Waals surface area contributed by atoms with Gasteiger partial charge in [-0.1, -0.05) is 23.4 Å². The molecule has 0 saturated carbocycles. The fourth-order valence-electron chi connectivity index (χ4n) is 1.76. The zero-order valence-corrected chi connectivity index (χ0v) is 11.3. The van der Waals surface area contributed by atoms with Crippen LogP contribution in [-0.4, -0.2) is 23.3 Å². The van der Waals surface area contributed by atoms with Gasteiger partial charge in [-0.2, -0.15) is 4.98 Å². The summed E-state index contributed by atoms with van der Waals surface area (Å²) in [6.07, 6.45) is 0.668. The number of aryl methyl sites for hydroxylation is 2. The van der Waals surface area contributed by atoms with Crippen molar-refractivity contribution in [2.75, 3.05) is 13.2 Å². The van der Waals surface area contributed by atoms with Crippen LogP contribution in [0.3, 0.4) is 0 Å². The molecule has 19 heavy (non-hydrogen) atoms. The molecule has 1 heterocycles. The Morgan fingerprint density at radius 2 is 2.11 bits per heavy atom. The van der Waals surface area contributed by atoms with Gasteiger partial charge < -0.3 is 15.0 Å². The van der Waals surface area contributed by atoms with Crippen LogP contribution in [0, 0.1) is 13.8 Å². The number of aromatic nitrogens is 2. The van der Waals surface area contributed by atoms with Crippen molar-refractivity contribution in [3.8, 4) is 0 Å². The molecule has 0 saturated heterocycles. The number of nitrogens with zero attached hydrogens (tertiary/aromatic N) is 2. The van der Waals surface area contributed by atoms with Crippen LogP contribution in [0.25, 0.3) is 0 Å². The first-order valence-corrected chi connectivity index (χ1v) is 6.34. The molecule has 5 heteroatoms. The largest absolute Gasteiger partial charge is 0.370 e. The van der Waals surface area contributed by atoms with Gasteiger partial charge in [-0.05, 0) is 30.5 Å². The van der Waals surface area contributed by atoms with Gasteiger partial charge in [-0.25, -0.2) is 0 Å². The summed E-state index contributed by atoms with van der Waals surface area (Å²) in [4.78, 5) is 4.29. The Morgan fingerprint density at radius 3 is 2.84 bits per heavy atom. The van der Waals surface area contributed by atoms with Gasteiger partial charge in [-0.15, -0.1) is 0 Å². The Labute approximate surface area is 112 Å². The van der Waals surface area contributed by atoms with Crippen LogP contribution in [0.4, 0.5) is 0 Å². The van der Waals surface area contributed by atoms with Crippen molar-refractivity contribution < 1.29 is 9.26 Å². The third kappa shape index (κ3) is 3.87. The van der Waals surface area contributed by atoms with Gasteiger partial charge in [0.1, 0.15) is 6.61 Å². The minimum absolute atomic E-state index is 0.317. The fraction of sp³-hybridized carbons (Fsp3) is 0.429. The van der Waals surface area contributed by atoms with Gasteiger partial charge in [0.2, 0.25) is 0 Å². The first-order chi connectivity index (χ1) is 9.19. The molecule has 0 aliphatic carbocycles. The summed E-state index contributed by atoms with van der Waals surface area (Å²) in [6.45, 7) is 5.50. The van der Waals surface area contributed by atoms with Gasteiger partial charge >= 0.3 is 0 Å². The van der Waals surface area contributed by atoms with Crippen molar-refractivity contribution in [2.45, 2.75) is 26.9 Å². The monoisotopic (exact) mass is 261 g/mol. The molecular weight excluding hydrogens is 242 g/mol. The maximum Gasteiger partial charge on any atom is 0.252 e. The fourth-order valence-corrected chi connectivity index (χ4v) is 1.76. The highest BCUT2D eigenvalue weighted by molar-refractivity contribution is 5.31. The summed E-state index contributed by atoms with van der Waals surface area (Å²) in [5.41, 5.74) is 9.07. The highest BCUT2D eigenvalue weighted by Gasteiger charge is 2.07. The lowest BCUT2D eigenvalue weighted by Gasteiger charge is -2.02. The van der Waals surface area contributed by atoms with E-state index in [2.05, 4.69) is 42.2 Å². The van der Waals surface area contributed by atoms with Crippen molar-refractivity contribution in [1.82, 2.24) is 10.1 Å². The van der Waals surface area contributed by atoms with Crippen molar-refractivity contribution >= 4 is 0 Å². The Morgan fingerprint density at radius 1 is 1.26 bits per heavy atom. The Kier molecular flexibility index (Phi) is 4.65. The molecule has 5 nitrogen and oxygen atoms in total. The third-order valence-corrected chi connectivity index (χ3v) is 2.93. The van der Waals surface area contributed by atoms with Crippen molar-refractivity contribution in [3.63, 3.8) is 0 Å². The maximum atomic E-state index is 5.33. The number of rotatable bonds is 6. The smallest absolute Gasteiger partial charge is 0.252 e. The number of hydrogen-bond acceptors (Lipinski definition) is 5. The van der Waals surface area contributed by atoms with E-state index >= 15 is 0 Å². The molecule has 2 aromatic rings. The van der Waals surface area contributed by atoms with E-state index in [1.54, 1.807) is 0 Å². The Hall–Kier alpha value is -1.72. The minimum Gasteiger partial charge on any atom is -0.370 e. The third-order valence-electron chi connectivity index (χ3n) is 2.93. The molecule has 0 fully saturated rings. The van der Waals surface area contributed by atoms with Crippen LogP contribution in [-0.2, 0) is 17.8 Å². The summed E-state index contributed by atoms with van der Waals surface area (Å²) in [5, 5.41) is 3.94. The highest BCUT2D eigenvalue weighted by atomic mass is 16.5.